The van der Waals surface area contributed by atoms with Gasteiger partial charge in [-0.25, -0.2) is 14.6 Å². The number of carboxylic acid groups (broad SMARTS) is 1. The van der Waals surface area contributed by atoms with E-state index in [1.54, 1.807) is 17.2 Å². The van der Waals surface area contributed by atoms with E-state index in [9.17, 15) is 19.5 Å². The quantitative estimate of drug-likeness (QED) is 0.320. The number of hydrogen-bond donors (Lipinski definition) is 3. The third kappa shape index (κ3) is 4.43. The fourth-order valence-electron chi connectivity index (χ4n) is 5.16. The molecular formula is C28H25N5O4S. The highest BCUT2D eigenvalue weighted by atomic mass is 32.1. The summed E-state index contributed by atoms with van der Waals surface area (Å²) < 4.78 is 0. The van der Waals surface area contributed by atoms with Crippen LogP contribution in [0.5, 0.6) is 0 Å². The molecule has 192 valence electrons. The summed E-state index contributed by atoms with van der Waals surface area (Å²) in [7, 11) is 0. The molecule has 1 atom stereocenters. The second-order valence-electron chi connectivity index (χ2n) is 9.46. The number of urea groups is 1. The summed E-state index contributed by atoms with van der Waals surface area (Å²) in [4.78, 5) is 46.5. The highest BCUT2D eigenvalue weighted by molar-refractivity contribution is 7.21. The molecule has 0 bridgehead atoms. The number of aromatic nitrogens is 1. The van der Waals surface area contributed by atoms with Gasteiger partial charge in [-0.05, 0) is 48.6 Å². The average Bonchev–Trinajstić information content (AvgIpc) is 3.29. The highest BCUT2D eigenvalue weighted by Gasteiger charge is 2.34. The van der Waals surface area contributed by atoms with Gasteiger partial charge in [0.15, 0.2) is 0 Å². The topological polar surface area (TPSA) is 115 Å². The maximum atomic E-state index is 13.4. The fraction of sp³-hybridized carbons (Fsp3) is 0.214. The van der Waals surface area contributed by atoms with Crippen molar-refractivity contribution in [3.8, 4) is 0 Å². The number of nitrogens with one attached hydrogen (secondary N) is 2. The predicted octanol–water partition coefficient (Wildman–Crippen LogP) is 5.44. The van der Waals surface area contributed by atoms with Crippen LogP contribution in [0, 0.1) is 0 Å². The number of rotatable bonds is 5. The maximum Gasteiger partial charge on any atom is 0.407 e. The monoisotopic (exact) mass is 527 g/mol. The molecule has 2 aliphatic heterocycles. The largest absolute Gasteiger partial charge is 0.465 e. The minimum absolute atomic E-state index is 0.240. The van der Waals surface area contributed by atoms with Crippen LogP contribution in [0.1, 0.15) is 33.6 Å². The molecule has 9 nitrogen and oxygen atoms in total. The van der Waals surface area contributed by atoms with Crippen LogP contribution in [-0.4, -0.2) is 52.2 Å². The standard InChI is InChI=1S/C28H25N5O4S/c34-25(30-19-9-5-13-32(16-19)28(36)37)24-23-22-21(11-12-29-26(22)38-24)33(27(35)31-23)20-10-4-8-18(15-20)14-17-6-2-1-3-7-17/h1-4,6-8,10-12,15,19H,5,9,13-14,16H2,(H,30,34)(H,31,35)(H,36,37). The van der Waals surface area contributed by atoms with E-state index in [2.05, 4.69) is 27.8 Å². The van der Waals surface area contributed by atoms with Gasteiger partial charge >= 0.3 is 12.1 Å². The Morgan fingerprint density at radius 2 is 1.92 bits per heavy atom. The number of nitrogens with zero attached hydrogens (tertiary/aromatic N) is 3. The van der Waals surface area contributed by atoms with Gasteiger partial charge in [0.05, 0.1) is 22.4 Å². The van der Waals surface area contributed by atoms with E-state index in [0.29, 0.717) is 45.9 Å². The summed E-state index contributed by atoms with van der Waals surface area (Å²) in [6.07, 6.45) is 2.76. The summed E-state index contributed by atoms with van der Waals surface area (Å²) in [5.74, 6) is -0.343. The zero-order valence-corrected chi connectivity index (χ0v) is 21.2. The molecule has 10 heteroatoms. The van der Waals surface area contributed by atoms with Crippen molar-refractivity contribution in [1.29, 1.82) is 0 Å². The Bertz CT molecular complexity index is 1550. The van der Waals surface area contributed by atoms with E-state index in [1.165, 1.54) is 21.8 Å². The van der Waals surface area contributed by atoms with Crippen molar-refractivity contribution in [3.05, 3.63) is 82.9 Å². The van der Waals surface area contributed by atoms with Crippen molar-refractivity contribution < 1.29 is 19.5 Å². The Morgan fingerprint density at radius 3 is 2.74 bits per heavy atom. The van der Waals surface area contributed by atoms with E-state index >= 15 is 0 Å². The molecule has 0 radical (unpaired) electrons. The normalized spacial score (nSPS) is 16.8. The van der Waals surface area contributed by atoms with Crippen molar-refractivity contribution in [2.45, 2.75) is 25.3 Å². The number of carbonyl (C=O) groups is 3. The van der Waals surface area contributed by atoms with Crippen LogP contribution in [0.25, 0.3) is 10.2 Å². The zero-order chi connectivity index (χ0) is 26.2. The number of piperidine rings is 1. The number of anilines is 3. The number of carbonyl (C=O) groups excluding carboxylic acids is 2. The van der Waals surface area contributed by atoms with Crippen molar-refractivity contribution in [2.75, 3.05) is 23.3 Å². The second-order valence-corrected chi connectivity index (χ2v) is 10.5. The molecule has 6 rings (SSSR count). The lowest BCUT2D eigenvalue weighted by Gasteiger charge is -2.31. The van der Waals surface area contributed by atoms with Crippen LogP contribution in [0.2, 0.25) is 0 Å². The van der Waals surface area contributed by atoms with Gasteiger partial charge in [0.2, 0.25) is 0 Å². The van der Waals surface area contributed by atoms with Gasteiger partial charge in [0.1, 0.15) is 9.71 Å². The van der Waals surface area contributed by atoms with Gasteiger partial charge in [-0.1, -0.05) is 42.5 Å². The van der Waals surface area contributed by atoms with E-state index in [-0.39, 0.29) is 24.5 Å². The van der Waals surface area contributed by atoms with Crippen molar-refractivity contribution in [2.24, 2.45) is 0 Å². The molecule has 1 unspecified atom stereocenters. The van der Waals surface area contributed by atoms with E-state index in [0.717, 1.165) is 17.7 Å². The van der Waals surface area contributed by atoms with Gasteiger partial charge in [-0.15, -0.1) is 11.3 Å². The summed E-state index contributed by atoms with van der Waals surface area (Å²) in [6.45, 7) is 0.700. The first-order valence-corrected chi connectivity index (χ1v) is 13.2. The Kier molecular flexibility index (Phi) is 6.16. The lowest BCUT2D eigenvalue weighted by atomic mass is 10.0. The number of pyridine rings is 1. The summed E-state index contributed by atoms with van der Waals surface area (Å²) >= 11 is 1.22. The third-order valence-corrected chi connectivity index (χ3v) is 8.00. The first kappa shape index (κ1) is 23.9. The number of benzene rings is 2. The Hall–Kier alpha value is -4.44. The minimum atomic E-state index is -0.991. The molecule has 0 spiro atoms. The maximum absolute atomic E-state index is 13.4. The van der Waals surface area contributed by atoms with Crippen molar-refractivity contribution in [3.63, 3.8) is 0 Å². The number of amides is 4. The molecule has 2 aromatic carbocycles. The molecule has 4 heterocycles. The van der Waals surface area contributed by atoms with E-state index in [1.807, 2.05) is 42.5 Å². The van der Waals surface area contributed by atoms with Gasteiger partial charge in [0, 0.05) is 25.3 Å². The molecule has 0 saturated carbocycles. The van der Waals surface area contributed by atoms with Crippen LogP contribution >= 0.6 is 11.3 Å². The third-order valence-electron chi connectivity index (χ3n) is 6.90. The Balaban J connectivity index is 1.31. The predicted molar refractivity (Wildman–Crippen MR) is 147 cm³/mol. The van der Waals surface area contributed by atoms with Crippen molar-refractivity contribution >= 4 is 56.6 Å². The molecule has 1 fully saturated rings. The van der Waals surface area contributed by atoms with E-state index < -0.39 is 6.09 Å². The van der Waals surface area contributed by atoms with Crippen LogP contribution in [0.15, 0.2) is 66.9 Å². The van der Waals surface area contributed by atoms with E-state index in [4.69, 9.17) is 0 Å². The number of likely N-dealkylation sites (tertiary alicyclic amines) is 1. The molecule has 2 aromatic heterocycles. The Morgan fingerprint density at radius 1 is 1.11 bits per heavy atom. The molecule has 0 aliphatic carbocycles. The lowest BCUT2D eigenvalue weighted by Crippen LogP contribution is -2.49. The van der Waals surface area contributed by atoms with Gasteiger partial charge in [0.25, 0.3) is 5.91 Å². The number of thiophene rings is 1. The molecule has 3 N–H and O–H groups in total. The van der Waals surface area contributed by atoms with Crippen LogP contribution in [0.3, 0.4) is 0 Å². The van der Waals surface area contributed by atoms with Gasteiger partial charge < -0.3 is 20.6 Å². The van der Waals surface area contributed by atoms with Gasteiger partial charge in [-0.2, -0.15) is 0 Å². The lowest BCUT2D eigenvalue weighted by molar-refractivity contribution is 0.0893. The summed E-state index contributed by atoms with van der Waals surface area (Å²) in [5, 5.41) is 15.9. The second kappa shape index (κ2) is 9.79. The molecule has 2 aliphatic rings. The van der Waals surface area contributed by atoms with Crippen LogP contribution in [-0.2, 0) is 6.42 Å². The first-order chi connectivity index (χ1) is 18.5. The molecule has 38 heavy (non-hydrogen) atoms. The van der Waals surface area contributed by atoms with Crippen molar-refractivity contribution in [1.82, 2.24) is 15.2 Å². The zero-order valence-electron chi connectivity index (χ0n) is 20.4. The fourth-order valence-corrected chi connectivity index (χ4v) is 6.18. The first-order valence-electron chi connectivity index (χ1n) is 12.4. The molecule has 4 aromatic rings. The SMILES string of the molecule is O=C(NC1CCCN(C(=O)O)C1)c1sc2nccc3c2c1NC(=O)N3c1cccc(Cc2ccccc2)c1. The van der Waals surface area contributed by atoms with Crippen LogP contribution < -0.4 is 15.5 Å². The minimum Gasteiger partial charge on any atom is -0.465 e. The summed E-state index contributed by atoms with van der Waals surface area (Å²) in [5.41, 5.74) is 4.08. The number of hydrogen-bond acceptors (Lipinski definition) is 5. The Labute approximate surface area is 222 Å². The summed E-state index contributed by atoms with van der Waals surface area (Å²) in [6, 6.07) is 19.1. The van der Waals surface area contributed by atoms with Crippen LogP contribution in [0.4, 0.5) is 26.7 Å². The highest BCUT2D eigenvalue weighted by Crippen LogP contribution is 2.45. The molecule has 1 saturated heterocycles. The van der Waals surface area contributed by atoms with Gasteiger partial charge in [-0.3, -0.25) is 9.69 Å². The average molecular weight is 528 g/mol. The molecule has 4 amide bonds. The smallest absolute Gasteiger partial charge is 0.407 e. The molecular weight excluding hydrogens is 502 g/mol.